The molecule has 5 atom stereocenters. The topological polar surface area (TPSA) is 191 Å². The molecular formula is C26H38ClN7O8. The number of fused-ring (bicyclic) bond motifs is 2. The van der Waals surface area contributed by atoms with Gasteiger partial charge in [0.15, 0.2) is 29.6 Å². The lowest BCUT2D eigenvalue weighted by atomic mass is 10.1. The van der Waals surface area contributed by atoms with Crippen molar-refractivity contribution < 1.29 is 38.1 Å². The number of hydrogen-bond acceptors (Lipinski definition) is 12. The molecule has 4 heterocycles. The summed E-state index contributed by atoms with van der Waals surface area (Å²) < 4.78 is 30.6. The number of aromatic nitrogens is 4. The predicted octanol–water partition coefficient (Wildman–Crippen LogP) is 2.22. The number of carbonyl (C=O) groups excluding carboxylic acids is 3. The van der Waals surface area contributed by atoms with Crippen molar-refractivity contribution in [2.75, 3.05) is 12.3 Å². The molecule has 2 aliphatic rings. The number of alkyl carbamates (subject to hydrolysis) is 1. The van der Waals surface area contributed by atoms with Crippen LogP contribution in [-0.2, 0) is 33.3 Å². The van der Waals surface area contributed by atoms with Gasteiger partial charge in [-0.15, -0.1) is 0 Å². The van der Waals surface area contributed by atoms with Crippen molar-refractivity contribution in [3.05, 3.63) is 11.6 Å². The van der Waals surface area contributed by atoms with E-state index < -0.39 is 65.5 Å². The highest BCUT2D eigenvalue weighted by molar-refractivity contribution is 6.28. The Labute approximate surface area is 248 Å². The van der Waals surface area contributed by atoms with Gasteiger partial charge in [-0.1, -0.05) is 0 Å². The number of carbonyl (C=O) groups is 3. The number of imidazole rings is 1. The average molecular weight is 612 g/mol. The van der Waals surface area contributed by atoms with Gasteiger partial charge in [0.25, 0.3) is 5.91 Å². The van der Waals surface area contributed by atoms with Crippen LogP contribution in [-0.4, -0.2) is 85.4 Å². The fraction of sp³-hybridized carbons (Fsp3) is 0.692. The number of nitrogens with zero attached hydrogens (tertiary/aromatic N) is 4. The summed E-state index contributed by atoms with van der Waals surface area (Å²) in [7, 11) is 0. The first-order chi connectivity index (χ1) is 19.3. The average Bonchev–Trinajstić information content (AvgIpc) is 3.46. The normalized spacial score (nSPS) is 24.2. The van der Waals surface area contributed by atoms with E-state index in [-0.39, 0.29) is 24.1 Å². The second-order valence-electron chi connectivity index (χ2n) is 12.5. The lowest BCUT2D eigenvalue weighted by Crippen LogP contribution is -2.48. The molecule has 42 heavy (non-hydrogen) atoms. The Morgan fingerprint density at radius 1 is 1.10 bits per heavy atom. The highest BCUT2D eigenvalue weighted by Crippen LogP contribution is 2.44. The third-order valence-electron chi connectivity index (χ3n) is 6.10. The van der Waals surface area contributed by atoms with E-state index in [1.807, 2.05) is 0 Å². The standard InChI is InChI=1S/C26H38ClN7O8/c1-24(2,3)41-21(36)12(31-23(37)42-25(4,5)6)9-10-29-19(35)15-14-16(40-26(7,8)39-14)20(38-15)34-11-30-13-17(28)32-22(27)33-18(13)34/h11-12,14-16,20H,9-10H2,1-8H3,(H,29,35)(H,31,37)(H2,28,32,33)/t12-,14+,15-,16+,20+/m0/s1. The van der Waals surface area contributed by atoms with Crippen LogP contribution in [0.5, 0.6) is 0 Å². The van der Waals surface area contributed by atoms with Gasteiger partial charge in [0.2, 0.25) is 5.28 Å². The quantitative estimate of drug-likeness (QED) is 0.306. The predicted molar refractivity (Wildman–Crippen MR) is 149 cm³/mol. The van der Waals surface area contributed by atoms with E-state index in [2.05, 4.69) is 25.6 Å². The van der Waals surface area contributed by atoms with Crippen LogP contribution in [0.15, 0.2) is 6.33 Å². The van der Waals surface area contributed by atoms with Crippen molar-refractivity contribution in [1.82, 2.24) is 30.2 Å². The maximum Gasteiger partial charge on any atom is 0.408 e. The monoisotopic (exact) mass is 611 g/mol. The van der Waals surface area contributed by atoms with Gasteiger partial charge in [-0.05, 0) is 73.4 Å². The Balaban J connectivity index is 1.47. The summed E-state index contributed by atoms with van der Waals surface area (Å²) in [5, 5.41) is 5.22. The van der Waals surface area contributed by atoms with E-state index in [4.69, 9.17) is 41.0 Å². The zero-order valence-corrected chi connectivity index (χ0v) is 25.6. The molecule has 0 spiro atoms. The van der Waals surface area contributed by atoms with Gasteiger partial charge in [-0.25, -0.2) is 14.6 Å². The first kappa shape index (κ1) is 31.7. The summed E-state index contributed by atoms with van der Waals surface area (Å²) in [4.78, 5) is 51.0. The number of nitrogens with one attached hydrogen (secondary N) is 2. The van der Waals surface area contributed by atoms with Crippen LogP contribution in [0.3, 0.4) is 0 Å². The molecule has 0 bridgehead atoms. The van der Waals surface area contributed by atoms with Gasteiger partial charge in [-0.3, -0.25) is 9.36 Å². The molecule has 2 fully saturated rings. The summed E-state index contributed by atoms with van der Waals surface area (Å²) in [6, 6.07) is -1.08. The van der Waals surface area contributed by atoms with Gasteiger partial charge < -0.3 is 40.1 Å². The third-order valence-corrected chi connectivity index (χ3v) is 6.27. The Hall–Kier alpha value is -3.27. The summed E-state index contributed by atoms with van der Waals surface area (Å²) in [6.45, 7) is 13.7. The lowest BCUT2D eigenvalue weighted by molar-refractivity contribution is -0.197. The first-order valence-electron chi connectivity index (χ1n) is 13.5. The van der Waals surface area contributed by atoms with Crippen LogP contribution >= 0.6 is 11.6 Å². The number of ether oxygens (including phenoxy) is 5. The Morgan fingerprint density at radius 2 is 1.74 bits per heavy atom. The molecule has 0 aliphatic carbocycles. The third kappa shape index (κ3) is 7.38. The van der Waals surface area contributed by atoms with Gasteiger partial charge in [0.05, 0.1) is 6.33 Å². The smallest absolute Gasteiger partial charge is 0.408 e. The van der Waals surface area contributed by atoms with Crippen LogP contribution in [0, 0.1) is 0 Å². The summed E-state index contributed by atoms with van der Waals surface area (Å²) in [5.41, 5.74) is 5.01. The van der Waals surface area contributed by atoms with Gasteiger partial charge in [0, 0.05) is 6.54 Å². The molecule has 0 radical (unpaired) electrons. The van der Waals surface area contributed by atoms with Crippen molar-refractivity contribution in [3.8, 4) is 0 Å². The van der Waals surface area contributed by atoms with Gasteiger partial charge in [0.1, 0.15) is 35.0 Å². The number of nitrogens with two attached hydrogens (primary N) is 1. The van der Waals surface area contributed by atoms with E-state index in [1.165, 1.54) is 6.33 Å². The Kier molecular flexibility index (Phi) is 8.62. The molecule has 2 aromatic heterocycles. The van der Waals surface area contributed by atoms with Crippen molar-refractivity contribution in [2.24, 2.45) is 0 Å². The van der Waals surface area contributed by atoms with Crippen molar-refractivity contribution >= 4 is 46.6 Å². The van der Waals surface area contributed by atoms with Crippen LogP contribution in [0.4, 0.5) is 10.6 Å². The molecule has 2 saturated heterocycles. The first-order valence-corrected chi connectivity index (χ1v) is 13.9. The number of nitrogen functional groups attached to an aromatic ring is 1. The molecule has 0 saturated carbocycles. The van der Waals surface area contributed by atoms with E-state index in [0.717, 1.165) is 0 Å². The van der Waals surface area contributed by atoms with Crippen LogP contribution in [0.25, 0.3) is 11.2 Å². The number of halogens is 1. The molecule has 2 amide bonds. The molecular weight excluding hydrogens is 574 g/mol. The SMILES string of the molecule is CC(C)(C)OC(=O)N[C@@H](CCNC(=O)[C@H]1O[C@@H](n2cnc3c(N)nc(Cl)nc32)[C@@H]2OC(C)(C)O[C@@H]21)C(=O)OC(C)(C)C. The van der Waals surface area contributed by atoms with Crippen molar-refractivity contribution in [1.29, 1.82) is 0 Å². The van der Waals surface area contributed by atoms with Crippen molar-refractivity contribution in [3.63, 3.8) is 0 Å². The van der Waals surface area contributed by atoms with Gasteiger partial charge >= 0.3 is 12.1 Å². The molecule has 2 aliphatic heterocycles. The number of esters is 1. The van der Waals surface area contributed by atoms with E-state index in [0.29, 0.717) is 11.2 Å². The van der Waals surface area contributed by atoms with E-state index in [9.17, 15) is 14.4 Å². The molecule has 4 N–H and O–H groups in total. The molecule has 0 unspecified atom stereocenters. The lowest BCUT2D eigenvalue weighted by Gasteiger charge is -2.26. The summed E-state index contributed by atoms with van der Waals surface area (Å²) in [5.74, 6) is -2.08. The van der Waals surface area contributed by atoms with Crippen LogP contribution in [0.2, 0.25) is 5.28 Å². The Morgan fingerprint density at radius 3 is 2.38 bits per heavy atom. The zero-order chi connectivity index (χ0) is 31.2. The van der Waals surface area contributed by atoms with Gasteiger partial charge in [-0.2, -0.15) is 9.97 Å². The molecule has 0 aromatic carbocycles. The van der Waals surface area contributed by atoms with E-state index >= 15 is 0 Å². The Bertz CT molecular complexity index is 1350. The number of rotatable bonds is 7. The van der Waals surface area contributed by atoms with Crippen LogP contribution in [0.1, 0.15) is 68.0 Å². The minimum Gasteiger partial charge on any atom is -0.458 e. The summed E-state index contributed by atoms with van der Waals surface area (Å²) >= 11 is 6.03. The number of amides is 2. The largest absolute Gasteiger partial charge is 0.458 e. The summed E-state index contributed by atoms with van der Waals surface area (Å²) in [6.07, 6.45) is -2.74. The molecule has 232 valence electrons. The number of anilines is 1. The molecule has 2 aromatic rings. The van der Waals surface area contributed by atoms with E-state index in [1.54, 1.807) is 60.0 Å². The molecule has 4 rings (SSSR count). The maximum atomic E-state index is 13.4. The minimum absolute atomic E-state index is 0.00191. The number of hydrogen-bond donors (Lipinski definition) is 3. The minimum atomic E-state index is -1.09. The highest BCUT2D eigenvalue weighted by Gasteiger charge is 2.58. The maximum absolute atomic E-state index is 13.4. The highest BCUT2D eigenvalue weighted by atomic mass is 35.5. The van der Waals surface area contributed by atoms with Crippen LogP contribution < -0.4 is 16.4 Å². The zero-order valence-electron chi connectivity index (χ0n) is 24.9. The second-order valence-corrected chi connectivity index (χ2v) is 12.9. The molecule has 16 heteroatoms. The second kappa shape index (κ2) is 11.4. The fourth-order valence-electron chi connectivity index (χ4n) is 4.62. The molecule has 15 nitrogen and oxygen atoms in total. The van der Waals surface area contributed by atoms with Crippen molar-refractivity contribution in [2.45, 2.75) is 109 Å². The fourth-order valence-corrected chi connectivity index (χ4v) is 4.79.